The van der Waals surface area contributed by atoms with E-state index < -0.39 is 0 Å². The van der Waals surface area contributed by atoms with Crippen LogP contribution >= 0.6 is 11.6 Å². The van der Waals surface area contributed by atoms with Gasteiger partial charge in [-0.2, -0.15) is 5.10 Å². The van der Waals surface area contributed by atoms with Gasteiger partial charge in [0.25, 0.3) is 5.91 Å². The molecule has 7 heteroatoms. The van der Waals surface area contributed by atoms with Crippen LogP contribution in [-0.2, 0) is 0 Å². The van der Waals surface area contributed by atoms with Crippen molar-refractivity contribution in [3.63, 3.8) is 0 Å². The summed E-state index contributed by atoms with van der Waals surface area (Å²) >= 11 is 6.03. The normalized spacial score (nSPS) is 12.0. The Bertz CT molecular complexity index is 1470. The Hall–Kier alpha value is -4.03. The summed E-state index contributed by atoms with van der Waals surface area (Å²) in [5.41, 5.74) is 4.57. The van der Waals surface area contributed by atoms with Gasteiger partial charge in [-0.05, 0) is 55.0 Å². The van der Waals surface area contributed by atoms with Crippen molar-refractivity contribution in [1.29, 1.82) is 0 Å². The molecule has 0 spiro atoms. The zero-order valence-electron chi connectivity index (χ0n) is 18.2. The van der Waals surface area contributed by atoms with Gasteiger partial charge in [-0.15, -0.1) is 0 Å². The first-order chi connectivity index (χ1) is 16.5. The van der Waals surface area contributed by atoms with Gasteiger partial charge in [0, 0.05) is 22.2 Å². The molecule has 5 nitrogen and oxygen atoms in total. The summed E-state index contributed by atoms with van der Waals surface area (Å²) in [5, 5.41) is 8.32. The number of amides is 1. The van der Waals surface area contributed by atoms with Gasteiger partial charge in [-0.1, -0.05) is 54.1 Å². The second-order valence-corrected chi connectivity index (χ2v) is 8.38. The molecule has 0 aliphatic heterocycles. The molecule has 1 amide bonds. The molecule has 0 fully saturated rings. The molecule has 0 radical (unpaired) electrons. The third-order valence-electron chi connectivity index (χ3n) is 5.59. The number of nitrogens with zero attached hydrogens (tertiary/aromatic N) is 3. The standard InChI is InChI=1S/C27H20ClFN4O/c1-17(18-5-3-2-4-6-18)30-27(34)25-15-23(19-9-13-22(29)14-10-19)31-26-16-24(32-33(25)26)20-7-11-21(28)12-8-20/h2-17H,1H3,(H,30,34)/t17-/m1/s1. The molecular formula is C27H20ClFN4O. The Morgan fingerprint density at radius 3 is 2.26 bits per heavy atom. The van der Waals surface area contributed by atoms with Crippen molar-refractivity contribution in [2.24, 2.45) is 0 Å². The van der Waals surface area contributed by atoms with Crippen LogP contribution in [0.15, 0.2) is 91.0 Å². The summed E-state index contributed by atoms with van der Waals surface area (Å²) in [6, 6.07) is 26.3. The van der Waals surface area contributed by atoms with Gasteiger partial charge in [0.2, 0.25) is 0 Å². The monoisotopic (exact) mass is 470 g/mol. The van der Waals surface area contributed by atoms with Crippen LogP contribution in [0.5, 0.6) is 0 Å². The maximum absolute atomic E-state index is 13.5. The van der Waals surface area contributed by atoms with E-state index in [1.54, 1.807) is 30.3 Å². The molecule has 3 aromatic carbocycles. The SMILES string of the molecule is C[C@@H](NC(=O)c1cc(-c2ccc(F)cc2)nc2cc(-c3ccc(Cl)cc3)nn12)c1ccccc1. The minimum atomic E-state index is -0.339. The van der Waals surface area contributed by atoms with Crippen molar-refractivity contribution in [3.8, 4) is 22.5 Å². The number of hydrogen-bond donors (Lipinski definition) is 1. The van der Waals surface area contributed by atoms with Gasteiger partial charge in [-0.25, -0.2) is 13.9 Å². The van der Waals surface area contributed by atoms with Crippen LogP contribution in [0, 0.1) is 5.82 Å². The highest BCUT2D eigenvalue weighted by atomic mass is 35.5. The summed E-state index contributed by atoms with van der Waals surface area (Å²) in [4.78, 5) is 18.1. The molecule has 0 saturated carbocycles. The third-order valence-corrected chi connectivity index (χ3v) is 5.84. The lowest BCUT2D eigenvalue weighted by Gasteiger charge is -2.15. The number of nitrogens with one attached hydrogen (secondary N) is 1. The van der Waals surface area contributed by atoms with E-state index >= 15 is 0 Å². The first-order valence-corrected chi connectivity index (χ1v) is 11.1. The predicted molar refractivity (Wildman–Crippen MR) is 131 cm³/mol. The molecule has 0 aliphatic carbocycles. The maximum atomic E-state index is 13.5. The van der Waals surface area contributed by atoms with Crippen LogP contribution in [0.2, 0.25) is 5.02 Å². The lowest BCUT2D eigenvalue weighted by atomic mass is 10.1. The average molecular weight is 471 g/mol. The fourth-order valence-corrected chi connectivity index (χ4v) is 3.89. The van der Waals surface area contributed by atoms with E-state index in [0.717, 1.165) is 11.1 Å². The Labute approximate surface area is 200 Å². The molecule has 2 aromatic heterocycles. The molecular weight excluding hydrogens is 451 g/mol. The summed E-state index contributed by atoms with van der Waals surface area (Å²) in [5.74, 6) is -0.633. The topological polar surface area (TPSA) is 59.3 Å². The molecule has 0 saturated heterocycles. The third kappa shape index (κ3) is 4.40. The highest BCUT2D eigenvalue weighted by Crippen LogP contribution is 2.25. The van der Waals surface area contributed by atoms with Gasteiger partial charge in [0.05, 0.1) is 17.4 Å². The number of halogens is 2. The van der Waals surface area contributed by atoms with E-state index in [1.807, 2.05) is 55.5 Å². The lowest BCUT2D eigenvalue weighted by Crippen LogP contribution is -2.28. The van der Waals surface area contributed by atoms with E-state index in [9.17, 15) is 9.18 Å². The number of aromatic nitrogens is 3. The highest BCUT2D eigenvalue weighted by molar-refractivity contribution is 6.30. The smallest absolute Gasteiger partial charge is 0.270 e. The van der Waals surface area contributed by atoms with Crippen LogP contribution in [0.4, 0.5) is 4.39 Å². The van der Waals surface area contributed by atoms with Crippen molar-refractivity contribution in [2.45, 2.75) is 13.0 Å². The van der Waals surface area contributed by atoms with Crippen molar-refractivity contribution in [1.82, 2.24) is 19.9 Å². The number of rotatable bonds is 5. The van der Waals surface area contributed by atoms with Crippen molar-refractivity contribution < 1.29 is 9.18 Å². The molecule has 1 N–H and O–H groups in total. The fourth-order valence-electron chi connectivity index (χ4n) is 3.76. The van der Waals surface area contributed by atoms with Crippen molar-refractivity contribution in [3.05, 3.63) is 113 Å². The zero-order chi connectivity index (χ0) is 23.7. The number of fused-ring (bicyclic) bond motifs is 1. The van der Waals surface area contributed by atoms with Crippen LogP contribution in [0.1, 0.15) is 29.0 Å². The first-order valence-electron chi connectivity index (χ1n) is 10.8. The van der Waals surface area contributed by atoms with Crippen molar-refractivity contribution in [2.75, 3.05) is 0 Å². The predicted octanol–water partition coefficient (Wildman–Crippen LogP) is 6.35. The van der Waals surface area contributed by atoms with Gasteiger partial charge >= 0.3 is 0 Å². The van der Waals surface area contributed by atoms with E-state index in [-0.39, 0.29) is 17.8 Å². The van der Waals surface area contributed by atoms with E-state index in [1.165, 1.54) is 16.6 Å². The van der Waals surface area contributed by atoms with Gasteiger partial charge in [0.1, 0.15) is 11.5 Å². The Kier molecular flexibility index (Phi) is 5.82. The zero-order valence-corrected chi connectivity index (χ0v) is 19.0. The van der Waals surface area contributed by atoms with Gasteiger partial charge < -0.3 is 5.32 Å². The number of benzene rings is 3. The number of hydrogen-bond acceptors (Lipinski definition) is 3. The van der Waals surface area contributed by atoms with Crippen LogP contribution in [0.25, 0.3) is 28.2 Å². The maximum Gasteiger partial charge on any atom is 0.270 e. The molecule has 5 rings (SSSR count). The number of carbonyl (C=O) groups is 1. The minimum Gasteiger partial charge on any atom is -0.344 e. The Morgan fingerprint density at radius 1 is 0.912 bits per heavy atom. The van der Waals surface area contributed by atoms with Crippen LogP contribution < -0.4 is 5.32 Å². The summed E-state index contributed by atoms with van der Waals surface area (Å²) < 4.78 is 15.0. The molecule has 2 heterocycles. The lowest BCUT2D eigenvalue weighted by molar-refractivity contribution is 0.0932. The number of carbonyl (C=O) groups excluding carboxylic acids is 1. The Balaban J connectivity index is 1.60. The molecule has 168 valence electrons. The molecule has 34 heavy (non-hydrogen) atoms. The summed E-state index contributed by atoms with van der Waals surface area (Å²) in [6.45, 7) is 1.93. The van der Waals surface area contributed by atoms with E-state index in [2.05, 4.69) is 10.4 Å². The first kappa shape index (κ1) is 21.8. The largest absolute Gasteiger partial charge is 0.344 e. The molecule has 0 unspecified atom stereocenters. The highest BCUT2D eigenvalue weighted by Gasteiger charge is 2.19. The fraction of sp³-hybridized carbons (Fsp3) is 0.0741. The van der Waals surface area contributed by atoms with Crippen LogP contribution in [-0.4, -0.2) is 20.5 Å². The Morgan fingerprint density at radius 2 is 1.56 bits per heavy atom. The molecule has 1 atom stereocenters. The molecule has 0 bridgehead atoms. The molecule has 0 aliphatic rings. The summed E-state index contributed by atoms with van der Waals surface area (Å²) in [6.07, 6.45) is 0. The van der Waals surface area contributed by atoms with Crippen LogP contribution in [0.3, 0.4) is 0 Å². The average Bonchev–Trinajstić information content (AvgIpc) is 3.29. The second kappa shape index (κ2) is 9.08. The van der Waals surface area contributed by atoms with E-state index in [4.69, 9.17) is 16.6 Å². The summed E-state index contributed by atoms with van der Waals surface area (Å²) in [7, 11) is 0. The van der Waals surface area contributed by atoms with Gasteiger partial charge in [-0.3, -0.25) is 4.79 Å². The van der Waals surface area contributed by atoms with Gasteiger partial charge in [0.15, 0.2) is 5.65 Å². The second-order valence-electron chi connectivity index (χ2n) is 7.95. The minimum absolute atomic E-state index is 0.211. The van der Waals surface area contributed by atoms with Crippen molar-refractivity contribution >= 4 is 23.2 Å². The van der Waals surface area contributed by atoms with E-state index in [0.29, 0.717) is 33.3 Å². The quantitative estimate of drug-likeness (QED) is 0.325. The molecule has 5 aromatic rings.